The molecule has 3 heteroatoms. The molecule has 0 heterocycles. The van der Waals surface area contributed by atoms with Crippen LogP contribution in [0.2, 0.25) is 0 Å². The summed E-state index contributed by atoms with van der Waals surface area (Å²) >= 11 is 0. The Bertz CT molecular complexity index is 669. The van der Waals surface area contributed by atoms with Gasteiger partial charge in [-0.05, 0) is 53.5 Å². The smallest absolute Gasteiger partial charge is 0.165 e. The van der Waals surface area contributed by atoms with Crippen LogP contribution in [0, 0.1) is 16.7 Å². The number of phenols is 1. The first-order valence-electron chi connectivity index (χ1n) is 7.36. The summed E-state index contributed by atoms with van der Waals surface area (Å²) in [5.41, 5.74) is 1.64. The lowest BCUT2D eigenvalue weighted by molar-refractivity contribution is -0.125. The largest absolute Gasteiger partial charge is 0.507 e. The van der Waals surface area contributed by atoms with Crippen molar-refractivity contribution in [3.8, 4) is 5.75 Å². The van der Waals surface area contributed by atoms with Crippen molar-refractivity contribution in [2.45, 2.75) is 33.6 Å². The number of Topliss-reactive ketones (excluding diaryl/α,β-unsaturated/α-hetero) is 1. The number of rotatable bonds is 2. The highest BCUT2D eigenvalue weighted by atomic mass is 16.3. The Morgan fingerprint density at radius 1 is 1.29 bits per heavy atom. The number of hydrogen-bond donors (Lipinski definition) is 1. The van der Waals surface area contributed by atoms with E-state index >= 15 is 0 Å². The zero-order chi connectivity index (χ0) is 15.4. The maximum Gasteiger partial charge on any atom is 0.165 e. The lowest BCUT2D eigenvalue weighted by Crippen LogP contribution is -2.32. The molecule has 3 rings (SSSR count). The lowest BCUT2D eigenvalue weighted by atomic mass is 9.70. The van der Waals surface area contributed by atoms with Gasteiger partial charge in [0.15, 0.2) is 12.1 Å². The van der Waals surface area contributed by atoms with E-state index in [4.69, 9.17) is 0 Å². The fourth-order valence-electron chi connectivity index (χ4n) is 4.03. The predicted molar refractivity (Wildman–Crippen MR) is 81.1 cm³/mol. The van der Waals surface area contributed by atoms with Crippen LogP contribution in [-0.4, -0.2) is 17.2 Å². The lowest BCUT2D eigenvalue weighted by Gasteiger charge is -2.31. The van der Waals surface area contributed by atoms with Gasteiger partial charge in [0.05, 0.1) is 5.56 Å². The van der Waals surface area contributed by atoms with Gasteiger partial charge in [-0.15, -0.1) is 0 Å². The number of aldehydes is 1. The van der Waals surface area contributed by atoms with Crippen LogP contribution in [0.4, 0.5) is 0 Å². The van der Waals surface area contributed by atoms with Crippen LogP contribution in [0.15, 0.2) is 23.8 Å². The van der Waals surface area contributed by atoms with Gasteiger partial charge < -0.3 is 5.11 Å². The molecule has 2 atom stereocenters. The number of carbonyl (C=O) groups is 2. The van der Waals surface area contributed by atoms with Gasteiger partial charge >= 0.3 is 0 Å². The molecule has 0 spiro atoms. The van der Waals surface area contributed by atoms with Gasteiger partial charge in [0.25, 0.3) is 0 Å². The van der Waals surface area contributed by atoms with E-state index < -0.39 is 0 Å². The van der Waals surface area contributed by atoms with Crippen LogP contribution in [0.5, 0.6) is 5.75 Å². The van der Waals surface area contributed by atoms with E-state index in [-0.39, 0.29) is 33.8 Å². The van der Waals surface area contributed by atoms with E-state index in [0.29, 0.717) is 6.29 Å². The molecule has 2 aliphatic rings. The van der Waals surface area contributed by atoms with Gasteiger partial charge in [0.1, 0.15) is 5.75 Å². The molecule has 110 valence electrons. The van der Waals surface area contributed by atoms with Crippen molar-refractivity contribution in [1.29, 1.82) is 0 Å². The molecule has 0 amide bonds. The first kappa shape index (κ1) is 14.1. The van der Waals surface area contributed by atoms with E-state index in [0.717, 1.165) is 24.0 Å². The standard InChI is InChI=1S/C18H20O3/c1-17(2)14-6-7-18(17,3)16(21)13(14)9-11-4-5-15(20)12(8-11)10-19/h4-5,8-10,14,20H,6-7H2,1-3H3. The maximum atomic E-state index is 12.7. The fourth-order valence-corrected chi connectivity index (χ4v) is 4.03. The summed E-state index contributed by atoms with van der Waals surface area (Å²) < 4.78 is 0. The molecule has 0 aromatic heterocycles. The van der Waals surface area contributed by atoms with E-state index in [1.54, 1.807) is 12.1 Å². The van der Waals surface area contributed by atoms with Gasteiger partial charge in [-0.1, -0.05) is 26.8 Å². The van der Waals surface area contributed by atoms with Crippen molar-refractivity contribution in [2.75, 3.05) is 0 Å². The number of allylic oxidation sites excluding steroid dienone is 1. The number of fused-ring (bicyclic) bond motifs is 2. The Kier molecular flexibility index (Phi) is 2.88. The molecule has 2 fully saturated rings. The number of ketones is 1. The van der Waals surface area contributed by atoms with Gasteiger partial charge in [0, 0.05) is 5.41 Å². The van der Waals surface area contributed by atoms with Crippen LogP contribution in [-0.2, 0) is 4.79 Å². The molecule has 1 N–H and O–H groups in total. The Hall–Kier alpha value is -1.90. The highest BCUT2D eigenvalue weighted by Gasteiger charge is 2.63. The number of carbonyl (C=O) groups excluding carboxylic acids is 2. The summed E-state index contributed by atoms with van der Waals surface area (Å²) in [5, 5.41) is 9.56. The molecule has 21 heavy (non-hydrogen) atoms. The number of hydrogen-bond acceptors (Lipinski definition) is 3. The summed E-state index contributed by atoms with van der Waals surface area (Å²) in [5.74, 6) is 0.492. The molecule has 1 aromatic carbocycles. The third-order valence-corrected chi connectivity index (χ3v) is 5.87. The molecule has 0 aliphatic heterocycles. The van der Waals surface area contributed by atoms with Gasteiger partial charge in [-0.25, -0.2) is 0 Å². The van der Waals surface area contributed by atoms with E-state index in [1.165, 1.54) is 6.07 Å². The molecule has 0 saturated heterocycles. The minimum atomic E-state index is -0.270. The molecule has 1 aromatic rings. The van der Waals surface area contributed by atoms with Crippen molar-refractivity contribution in [3.63, 3.8) is 0 Å². The average Bonchev–Trinajstić information content (AvgIpc) is 2.75. The molecule has 2 saturated carbocycles. The van der Waals surface area contributed by atoms with Crippen LogP contribution in [0.1, 0.15) is 49.5 Å². The summed E-state index contributed by atoms with van der Waals surface area (Å²) in [6.45, 7) is 6.43. The van der Waals surface area contributed by atoms with Crippen molar-refractivity contribution in [3.05, 3.63) is 34.9 Å². The second-order valence-electron chi connectivity index (χ2n) is 7.01. The monoisotopic (exact) mass is 284 g/mol. The van der Waals surface area contributed by atoms with Crippen molar-refractivity contribution < 1.29 is 14.7 Å². The van der Waals surface area contributed by atoms with Gasteiger partial charge in [0.2, 0.25) is 0 Å². The molecule has 3 nitrogen and oxygen atoms in total. The van der Waals surface area contributed by atoms with E-state index in [1.807, 2.05) is 6.08 Å². The minimum Gasteiger partial charge on any atom is -0.507 e. The highest BCUT2D eigenvalue weighted by Crippen LogP contribution is 2.65. The highest BCUT2D eigenvalue weighted by molar-refractivity contribution is 6.08. The topological polar surface area (TPSA) is 54.4 Å². The van der Waals surface area contributed by atoms with Gasteiger partial charge in [-0.3, -0.25) is 9.59 Å². The van der Waals surface area contributed by atoms with Crippen molar-refractivity contribution in [1.82, 2.24) is 0 Å². The second kappa shape index (κ2) is 4.30. The molecule has 2 unspecified atom stereocenters. The van der Waals surface area contributed by atoms with Crippen molar-refractivity contribution in [2.24, 2.45) is 16.7 Å². The van der Waals surface area contributed by atoms with Crippen molar-refractivity contribution >= 4 is 18.1 Å². The number of phenolic OH excluding ortho intramolecular Hbond substituents is 1. The van der Waals surface area contributed by atoms with Crippen LogP contribution in [0.25, 0.3) is 6.08 Å². The third kappa shape index (κ3) is 1.73. The average molecular weight is 284 g/mol. The second-order valence-corrected chi connectivity index (χ2v) is 7.01. The van der Waals surface area contributed by atoms with E-state index in [9.17, 15) is 14.7 Å². The molecular weight excluding hydrogens is 264 g/mol. The van der Waals surface area contributed by atoms with Crippen LogP contribution < -0.4 is 0 Å². The predicted octanol–water partition coefficient (Wildman–Crippen LogP) is 3.61. The van der Waals surface area contributed by atoms with Crippen LogP contribution in [0.3, 0.4) is 0 Å². The third-order valence-electron chi connectivity index (χ3n) is 5.87. The maximum absolute atomic E-state index is 12.7. The summed E-state index contributed by atoms with van der Waals surface area (Å²) in [7, 11) is 0. The number of aromatic hydroxyl groups is 1. The Labute approximate surface area is 124 Å². The minimum absolute atomic E-state index is 0.0136. The first-order chi connectivity index (χ1) is 9.81. The molecule has 0 radical (unpaired) electrons. The van der Waals surface area contributed by atoms with E-state index in [2.05, 4.69) is 20.8 Å². The Morgan fingerprint density at radius 2 is 2.00 bits per heavy atom. The Morgan fingerprint density at radius 3 is 2.57 bits per heavy atom. The van der Waals surface area contributed by atoms with Gasteiger partial charge in [-0.2, -0.15) is 0 Å². The zero-order valence-corrected chi connectivity index (χ0v) is 12.6. The SMILES string of the molecule is CC12CCC(C(=Cc3ccc(O)c(C=O)c3)C1=O)C2(C)C. The van der Waals surface area contributed by atoms with Crippen LogP contribution >= 0.6 is 0 Å². The number of benzene rings is 1. The summed E-state index contributed by atoms with van der Waals surface area (Å²) in [6.07, 6.45) is 4.52. The fraction of sp³-hybridized carbons (Fsp3) is 0.444. The molecule has 2 bridgehead atoms. The summed E-state index contributed by atoms with van der Waals surface area (Å²) in [6, 6.07) is 4.87. The molecule has 2 aliphatic carbocycles. The summed E-state index contributed by atoms with van der Waals surface area (Å²) in [4.78, 5) is 23.7. The Balaban J connectivity index is 2.06. The quantitative estimate of drug-likeness (QED) is 0.666. The zero-order valence-electron chi connectivity index (χ0n) is 12.6. The normalized spacial score (nSPS) is 31.9. The molecular formula is C18H20O3. The first-order valence-corrected chi connectivity index (χ1v) is 7.36.